The van der Waals surface area contributed by atoms with E-state index in [-0.39, 0.29) is 17.3 Å². The molecule has 10 nitrogen and oxygen atoms in total. The van der Waals surface area contributed by atoms with Crippen LogP contribution in [0.5, 0.6) is 0 Å². The molecule has 0 atom stereocenters. The summed E-state index contributed by atoms with van der Waals surface area (Å²) >= 11 is 0. The Labute approximate surface area is 167 Å². The molecular formula is C18H20N4O6S. The molecule has 11 heteroatoms. The molecule has 0 aliphatic carbocycles. The Kier molecular flexibility index (Phi) is 6.54. The van der Waals surface area contributed by atoms with Crippen LogP contribution in [0.4, 0.5) is 22.7 Å². The predicted molar refractivity (Wildman–Crippen MR) is 109 cm³/mol. The zero-order chi connectivity index (χ0) is 21.8. The summed E-state index contributed by atoms with van der Waals surface area (Å²) in [7, 11) is -3.89. The smallest absolute Gasteiger partial charge is 0.271 e. The molecule has 0 fully saturated rings. The molecule has 0 bridgehead atoms. The molecule has 0 radical (unpaired) electrons. The first-order valence-corrected chi connectivity index (χ1v) is 10.2. The first kappa shape index (κ1) is 21.8. The van der Waals surface area contributed by atoms with Crippen LogP contribution in [0.25, 0.3) is 0 Å². The average molecular weight is 420 g/mol. The molecule has 2 aromatic rings. The van der Waals surface area contributed by atoms with Crippen LogP contribution in [-0.2, 0) is 19.6 Å². The second-order valence-electron chi connectivity index (χ2n) is 6.30. The molecule has 0 spiro atoms. The van der Waals surface area contributed by atoms with Gasteiger partial charge in [0.25, 0.3) is 5.69 Å². The Hall–Kier alpha value is -3.47. The highest BCUT2D eigenvalue weighted by atomic mass is 32.2. The minimum atomic E-state index is -3.89. The molecule has 0 aliphatic heterocycles. The fourth-order valence-corrected chi connectivity index (χ4v) is 3.44. The van der Waals surface area contributed by atoms with Crippen molar-refractivity contribution in [3.63, 3.8) is 0 Å². The SMILES string of the molecule is CC(=O)Nc1ccc(NC(=O)CN(c2cc([N+](=O)[O-])ccc2C)S(C)(=O)=O)cc1. The van der Waals surface area contributed by atoms with Crippen molar-refractivity contribution in [3.8, 4) is 0 Å². The number of benzene rings is 2. The Balaban J connectivity index is 2.23. The maximum atomic E-state index is 12.4. The summed E-state index contributed by atoms with van der Waals surface area (Å²) in [4.78, 5) is 33.8. The van der Waals surface area contributed by atoms with E-state index in [9.17, 15) is 28.1 Å². The molecule has 2 N–H and O–H groups in total. The first-order valence-electron chi connectivity index (χ1n) is 8.37. The molecule has 0 saturated carbocycles. The van der Waals surface area contributed by atoms with Gasteiger partial charge in [-0.05, 0) is 36.8 Å². The predicted octanol–water partition coefficient (Wildman–Crippen LogP) is 2.27. The van der Waals surface area contributed by atoms with Gasteiger partial charge >= 0.3 is 0 Å². The first-order chi connectivity index (χ1) is 13.5. The number of carbonyl (C=O) groups is 2. The number of anilines is 3. The number of hydrogen-bond acceptors (Lipinski definition) is 6. The van der Waals surface area contributed by atoms with Gasteiger partial charge < -0.3 is 10.6 Å². The third kappa shape index (κ3) is 6.01. The van der Waals surface area contributed by atoms with Gasteiger partial charge in [-0.15, -0.1) is 0 Å². The van der Waals surface area contributed by atoms with E-state index >= 15 is 0 Å². The number of nitrogens with one attached hydrogen (secondary N) is 2. The highest BCUT2D eigenvalue weighted by Crippen LogP contribution is 2.27. The average Bonchev–Trinajstić information content (AvgIpc) is 2.60. The molecule has 2 amide bonds. The van der Waals surface area contributed by atoms with Gasteiger partial charge in [-0.3, -0.25) is 24.0 Å². The number of aryl methyl sites for hydroxylation is 1. The molecule has 2 rings (SSSR count). The van der Waals surface area contributed by atoms with Crippen molar-refractivity contribution in [2.75, 3.05) is 27.7 Å². The van der Waals surface area contributed by atoms with Crippen LogP contribution >= 0.6 is 0 Å². The lowest BCUT2D eigenvalue weighted by atomic mass is 10.2. The Morgan fingerprint density at radius 3 is 2.10 bits per heavy atom. The Morgan fingerprint density at radius 1 is 1.07 bits per heavy atom. The van der Waals surface area contributed by atoms with Gasteiger partial charge in [0.15, 0.2) is 0 Å². The summed E-state index contributed by atoms with van der Waals surface area (Å²) < 4.78 is 25.3. The zero-order valence-electron chi connectivity index (χ0n) is 16.0. The molecule has 0 saturated heterocycles. The van der Waals surface area contributed by atoms with Crippen molar-refractivity contribution >= 4 is 44.6 Å². The number of carbonyl (C=O) groups excluding carboxylic acids is 2. The summed E-state index contributed by atoms with van der Waals surface area (Å²) in [5, 5.41) is 16.2. The van der Waals surface area contributed by atoms with Crippen molar-refractivity contribution in [3.05, 3.63) is 58.1 Å². The van der Waals surface area contributed by atoms with Gasteiger partial charge in [-0.1, -0.05) is 6.07 Å². The number of nitrogens with zero attached hydrogens (tertiary/aromatic N) is 2. The summed E-state index contributed by atoms with van der Waals surface area (Å²) in [6.45, 7) is 2.40. The lowest BCUT2D eigenvalue weighted by Gasteiger charge is -2.23. The topological polar surface area (TPSA) is 139 Å². The van der Waals surface area contributed by atoms with Crippen molar-refractivity contribution in [1.82, 2.24) is 0 Å². The van der Waals surface area contributed by atoms with Crippen molar-refractivity contribution in [2.24, 2.45) is 0 Å². The molecule has 0 aromatic heterocycles. The molecule has 2 aromatic carbocycles. The summed E-state index contributed by atoms with van der Waals surface area (Å²) in [5.74, 6) is -0.869. The van der Waals surface area contributed by atoms with Crippen LogP contribution in [0.3, 0.4) is 0 Å². The maximum absolute atomic E-state index is 12.4. The van der Waals surface area contributed by atoms with Gasteiger partial charge in [-0.2, -0.15) is 0 Å². The van der Waals surface area contributed by atoms with E-state index in [0.717, 1.165) is 16.6 Å². The highest BCUT2D eigenvalue weighted by molar-refractivity contribution is 7.92. The highest BCUT2D eigenvalue weighted by Gasteiger charge is 2.24. The fraction of sp³-hybridized carbons (Fsp3) is 0.222. The Morgan fingerprint density at radius 2 is 1.62 bits per heavy atom. The van der Waals surface area contributed by atoms with Crippen molar-refractivity contribution in [2.45, 2.75) is 13.8 Å². The van der Waals surface area contributed by atoms with E-state index < -0.39 is 27.4 Å². The van der Waals surface area contributed by atoms with Crippen LogP contribution in [0.15, 0.2) is 42.5 Å². The Bertz CT molecular complexity index is 1050. The van der Waals surface area contributed by atoms with Crippen molar-refractivity contribution < 1.29 is 22.9 Å². The van der Waals surface area contributed by atoms with Crippen LogP contribution < -0.4 is 14.9 Å². The van der Waals surface area contributed by atoms with E-state index in [0.29, 0.717) is 16.9 Å². The largest absolute Gasteiger partial charge is 0.326 e. The third-order valence-corrected chi connectivity index (χ3v) is 4.98. The summed E-state index contributed by atoms with van der Waals surface area (Å²) in [6, 6.07) is 10.1. The minimum absolute atomic E-state index is 0.0536. The van der Waals surface area contributed by atoms with E-state index in [2.05, 4.69) is 10.6 Å². The number of amides is 2. The quantitative estimate of drug-likeness (QED) is 0.520. The van der Waals surface area contributed by atoms with Crippen LogP contribution in [0, 0.1) is 17.0 Å². The number of sulfonamides is 1. The van der Waals surface area contributed by atoms with Gasteiger partial charge in [0.05, 0.1) is 16.9 Å². The number of rotatable bonds is 7. The van der Waals surface area contributed by atoms with Crippen molar-refractivity contribution in [1.29, 1.82) is 0 Å². The molecular weight excluding hydrogens is 400 g/mol. The van der Waals surface area contributed by atoms with E-state index in [1.807, 2.05) is 0 Å². The second kappa shape index (κ2) is 8.69. The zero-order valence-corrected chi connectivity index (χ0v) is 16.8. The fourth-order valence-electron chi connectivity index (χ4n) is 2.53. The number of nitro benzene ring substituents is 1. The van der Waals surface area contributed by atoms with Crippen LogP contribution in [-0.4, -0.2) is 38.0 Å². The van der Waals surface area contributed by atoms with Gasteiger partial charge in [0.2, 0.25) is 21.8 Å². The van der Waals surface area contributed by atoms with Gasteiger partial charge in [0.1, 0.15) is 6.54 Å². The van der Waals surface area contributed by atoms with Crippen LogP contribution in [0.2, 0.25) is 0 Å². The number of non-ortho nitro benzene ring substituents is 1. The third-order valence-electron chi connectivity index (χ3n) is 3.85. The van der Waals surface area contributed by atoms with E-state index in [1.54, 1.807) is 31.2 Å². The molecule has 154 valence electrons. The normalized spacial score (nSPS) is 10.9. The standard InChI is InChI=1S/C18H20N4O6S/c1-12-4-9-16(22(25)26)10-17(12)21(29(3,27)28)11-18(24)20-15-7-5-14(6-8-15)19-13(2)23/h4-10H,11H2,1-3H3,(H,19,23)(H,20,24). The lowest BCUT2D eigenvalue weighted by Crippen LogP contribution is -2.37. The van der Waals surface area contributed by atoms with Gasteiger partial charge in [-0.25, -0.2) is 8.42 Å². The minimum Gasteiger partial charge on any atom is -0.326 e. The lowest BCUT2D eigenvalue weighted by molar-refractivity contribution is -0.384. The molecule has 0 heterocycles. The summed E-state index contributed by atoms with van der Waals surface area (Å²) in [5.41, 5.74) is 1.17. The number of hydrogen-bond donors (Lipinski definition) is 2. The number of nitro groups is 1. The maximum Gasteiger partial charge on any atom is 0.271 e. The van der Waals surface area contributed by atoms with Crippen LogP contribution in [0.1, 0.15) is 12.5 Å². The summed E-state index contributed by atoms with van der Waals surface area (Å²) in [6.07, 6.45) is 0.917. The van der Waals surface area contributed by atoms with Gasteiger partial charge in [0, 0.05) is 30.4 Å². The molecule has 29 heavy (non-hydrogen) atoms. The van der Waals surface area contributed by atoms with E-state index in [1.165, 1.54) is 19.1 Å². The van der Waals surface area contributed by atoms with E-state index in [4.69, 9.17) is 0 Å². The monoisotopic (exact) mass is 420 g/mol. The second-order valence-corrected chi connectivity index (χ2v) is 8.21. The molecule has 0 aliphatic rings. The molecule has 0 unspecified atom stereocenters.